The van der Waals surface area contributed by atoms with Crippen LogP contribution in [0.1, 0.15) is 62.5 Å². The van der Waals surface area contributed by atoms with E-state index in [4.69, 9.17) is 10.5 Å². The van der Waals surface area contributed by atoms with Gasteiger partial charge in [-0.2, -0.15) is 0 Å². The highest BCUT2D eigenvalue weighted by Gasteiger charge is 2.65. The van der Waals surface area contributed by atoms with Gasteiger partial charge in [-0.3, -0.25) is 9.59 Å². The Balaban J connectivity index is 1.25. The predicted molar refractivity (Wildman–Crippen MR) is 161 cm³/mol. The molecule has 6 N–H and O–H groups in total. The van der Waals surface area contributed by atoms with Gasteiger partial charge in [0.2, 0.25) is 0 Å². The molecule has 3 saturated carbocycles. The van der Waals surface area contributed by atoms with Gasteiger partial charge in [0.05, 0.1) is 18.1 Å². The molecule has 8 heteroatoms. The first-order chi connectivity index (χ1) is 20.4. The van der Waals surface area contributed by atoms with Crippen LogP contribution in [-0.2, 0) is 20.7 Å². The minimum atomic E-state index is -1.40. The van der Waals surface area contributed by atoms with E-state index in [1.54, 1.807) is 30.4 Å². The van der Waals surface area contributed by atoms with Crippen molar-refractivity contribution in [1.29, 1.82) is 0 Å². The van der Waals surface area contributed by atoms with Crippen molar-refractivity contribution in [2.45, 2.75) is 64.4 Å². The van der Waals surface area contributed by atoms with Crippen molar-refractivity contribution in [2.75, 3.05) is 12.3 Å². The summed E-state index contributed by atoms with van der Waals surface area (Å²) < 4.78 is 6.22. The molecule has 2 aromatic carbocycles. The highest BCUT2D eigenvalue weighted by Crippen LogP contribution is 2.66. The number of rotatable bonds is 7. The molecule has 228 valence electrons. The third-order valence-electron chi connectivity index (χ3n) is 11.0. The molecular formula is C35H41NO7. The van der Waals surface area contributed by atoms with Gasteiger partial charge in [0.25, 0.3) is 0 Å². The van der Waals surface area contributed by atoms with Crippen LogP contribution in [0.2, 0.25) is 0 Å². The molecule has 0 aliphatic heterocycles. The number of carbonyl (C=O) groups excluding carboxylic acids is 2. The largest absolute Gasteiger partial charge is 0.508 e. The minimum absolute atomic E-state index is 0.0112. The van der Waals surface area contributed by atoms with E-state index in [1.807, 2.05) is 31.2 Å². The van der Waals surface area contributed by atoms with E-state index in [2.05, 4.69) is 6.92 Å². The Morgan fingerprint density at radius 2 is 1.98 bits per heavy atom. The molecule has 0 aromatic heterocycles. The Bertz CT molecular complexity index is 1500. The summed E-state index contributed by atoms with van der Waals surface area (Å²) in [7, 11) is 0. The van der Waals surface area contributed by atoms with E-state index in [-0.39, 0.29) is 35.1 Å². The lowest BCUT2D eigenvalue weighted by Gasteiger charge is -2.58. The molecule has 6 unspecified atom stereocenters. The molecule has 0 bridgehead atoms. The van der Waals surface area contributed by atoms with Crippen molar-refractivity contribution in [3.8, 4) is 5.75 Å². The highest BCUT2D eigenvalue weighted by molar-refractivity contribution is 6.01. The minimum Gasteiger partial charge on any atom is -0.508 e. The zero-order valence-corrected chi connectivity index (χ0v) is 24.6. The quantitative estimate of drug-likeness (QED) is 0.241. The van der Waals surface area contributed by atoms with E-state index >= 15 is 0 Å². The molecule has 0 amide bonds. The third-order valence-corrected chi connectivity index (χ3v) is 11.0. The van der Waals surface area contributed by atoms with Crippen molar-refractivity contribution in [1.82, 2.24) is 0 Å². The summed E-state index contributed by atoms with van der Waals surface area (Å²) in [6.45, 7) is 3.45. The summed E-state index contributed by atoms with van der Waals surface area (Å²) in [5, 5.41) is 43.6. The number of aliphatic hydroxyl groups is 3. The number of fused-ring (bicyclic) bond motifs is 5. The second-order valence-corrected chi connectivity index (χ2v) is 13.5. The molecule has 4 aliphatic rings. The van der Waals surface area contributed by atoms with Gasteiger partial charge in [-0.25, -0.2) is 0 Å². The van der Waals surface area contributed by atoms with E-state index < -0.39 is 41.9 Å². The van der Waals surface area contributed by atoms with Crippen molar-refractivity contribution >= 4 is 17.3 Å². The molecule has 0 saturated heterocycles. The van der Waals surface area contributed by atoms with Gasteiger partial charge in [-0.1, -0.05) is 49.8 Å². The number of hydrogen-bond donors (Lipinski definition) is 5. The summed E-state index contributed by atoms with van der Waals surface area (Å²) in [5.74, 6) is -1.12. The summed E-state index contributed by atoms with van der Waals surface area (Å²) in [5.41, 5.74) is 8.47. The summed E-state index contributed by atoms with van der Waals surface area (Å²) in [4.78, 5) is 25.4. The number of aromatic hydroxyl groups is 1. The van der Waals surface area contributed by atoms with Gasteiger partial charge in [-0.05, 0) is 84.4 Å². The molecule has 3 fully saturated rings. The van der Waals surface area contributed by atoms with Crippen LogP contribution >= 0.6 is 0 Å². The number of carbonyl (C=O) groups is 2. The first-order valence-corrected chi connectivity index (χ1v) is 15.2. The Morgan fingerprint density at radius 1 is 1.19 bits per heavy atom. The first kappa shape index (κ1) is 29.8. The number of nitrogen functional groups attached to an aromatic ring is 1. The summed E-state index contributed by atoms with van der Waals surface area (Å²) >= 11 is 0. The number of phenols is 1. The van der Waals surface area contributed by atoms with Gasteiger partial charge in [0.1, 0.15) is 12.4 Å². The maximum atomic E-state index is 13.3. The van der Waals surface area contributed by atoms with Gasteiger partial charge >= 0.3 is 0 Å². The Hall–Kier alpha value is -3.30. The molecule has 4 aliphatic carbocycles. The van der Waals surface area contributed by atoms with Crippen molar-refractivity contribution in [2.24, 2.45) is 34.5 Å². The average Bonchev–Trinajstić information content (AvgIpc) is 3.24. The van der Waals surface area contributed by atoms with Crippen LogP contribution in [0.3, 0.4) is 0 Å². The van der Waals surface area contributed by atoms with Crippen LogP contribution in [-0.4, -0.2) is 50.8 Å². The van der Waals surface area contributed by atoms with Gasteiger partial charge < -0.3 is 30.9 Å². The van der Waals surface area contributed by atoms with Crippen LogP contribution in [0.4, 0.5) is 5.69 Å². The Kier molecular flexibility index (Phi) is 7.62. The van der Waals surface area contributed by atoms with Gasteiger partial charge in [-0.15, -0.1) is 0 Å². The molecule has 2 aromatic rings. The van der Waals surface area contributed by atoms with Crippen LogP contribution < -0.4 is 5.73 Å². The number of anilines is 1. The Labute approximate surface area is 251 Å². The van der Waals surface area contributed by atoms with E-state index in [0.29, 0.717) is 36.1 Å². The SMILES string of the molecule is CC12CC(O)[C@H]3C(CCC4=CC(=O)C=CC43C)C1C[C@@H](O[C@H](O)c1ccc(Cc3cccc(N)c3)c(O)c1)C2C(=O)CO. The molecule has 0 heterocycles. The highest BCUT2D eigenvalue weighted by atomic mass is 16.6. The maximum Gasteiger partial charge on any atom is 0.181 e. The number of aliphatic hydroxyl groups excluding tert-OH is 3. The second-order valence-electron chi connectivity index (χ2n) is 13.5. The zero-order valence-electron chi connectivity index (χ0n) is 24.6. The first-order valence-electron chi connectivity index (χ1n) is 15.2. The second kappa shape index (κ2) is 11.0. The number of Topliss-reactive ketones (excluding diaryl/α,β-unsaturated/α-hetero) is 1. The monoisotopic (exact) mass is 587 g/mol. The van der Waals surface area contributed by atoms with Gasteiger partial charge in [0, 0.05) is 29.0 Å². The molecule has 0 radical (unpaired) electrons. The van der Waals surface area contributed by atoms with Gasteiger partial charge in [0.15, 0.2) is 17.9 Å². The molecule has 0 spiro atoms. The fraction of sp³-hybridized carbons (Fsp3) is 0.486. The molecule has 9 atom stereocenters. The number of nitrogens with two attached hydrogens (primary N) is 1. The molecule has 8 nitrogen and oxygen atoms in total. The standard InChI is InChI=1S/C35H41NO7/c1-34-11-10-24(38)15-22(34)8-9-25-26-16-30(32(29(41)18-37)35(26,2)17-28(40)31(25)34)43-33(42)21-7-6-20(27(39)14-21)12-19-4-3-5-23(36)13-19/h3-7,10-11,13-15,25-26,28,30-33,37,39-40,42H,8-9,12,16-18,36H2,1-2H3/t25?,26?,28?,30-,31-,32?,33+,34?,35?/m1/s1. The number of benzene rings is 2. The lowest BCUT2D eigenvalue weighted by atomic mass is 9.46. The maximum absolute atomic E-state index is 13.3. The Morgan fingerprint density at radius 3 is 2.70 bits per heavy atom. The van der Waals surface area contributed by atoms with Crippen molar-refractivity contribution in [3.63, 3.8) is 0 Å². The molecular weight excluding hydrogens is 546 g/mol. The summed E-state index contributed by atoms with van der Waals surface area (Å²) in [6.07, 6.45) is 5.29. The summed E-state index contributed by atoms with van der Waals surface area (Å²) in [6, 6.07) is 12.3. The van der Waals surface area contributed by atoms with Crippen LogP contribution in [0, 0.1) is 34.5 Å². The zero-order chi connectivity index (χ0) is 30.7. The van der Waals surface area contributed by atoms with E-state index in [1.165, 1.54) is 6.07 Å². The lowest BCUT2D eigenvalue weighted by molar-refractivity contribution is -0.167. The average molecular weight is 588 g/mol. The van der Waals surface area contributed by atoms with Crippen LogP contribution in [0.5, 0.6) is 5.75 Å². The molecule has 6 rings (SSSR count). The number of allylic oxidation sites excluding steroid dienone is 4. The predicted octanol–water partition coefficient (Wildman–Crippen LogP) is 4.01. The fourth-order valence-electron chi connectivity index (χ4n) is 9.18. The topological polar surface area (TPSA) is 150 Å². The smallest absolute Gasteiger partial charge is 0.181 e. The van der Waals surface area contributed by atoms with Crippen LogP contribution in [0.15, 0.2) is 66.3 Å². The fourth-order valence-corrected chi connectivity index (χ4v) is 9.18. The third kappa shape index (κ3) is 5.04. The van der Waals surface area contributed by atoms with E-state index in [0.717, 1.165) is 24.0 Å². The number of ketones is 2. The van der Waals surface area contributed by atoms with E-state index in [9.17, 15) is 30.0 Å². The van der Waals surface area contributed by atoms with Crippen molar-refractivity contribution in [3.05, 3.63) is 83.0 Å². The number of phenolic OH excluding ortho intramolecular Hbond substituents is 1. The van der Waals surface area contributed by atoms with Crippen LogP contribution in [0.25, 0.3) is 0 Å². The van der Waals surface area contributed by atoms with Crippen molar-refractivity contribution < 1.29 is 34.8 Å². The number of ether oxygens (including phenoxy) is 1. The lowest BCUT2D eigenvalue weighted by Crippen LogP contribution is -2.56. The normalized spacial score (nSPS) is 35.5. The molecule has 43 heavy (non-hydrogen) atoms. The number of hydrogen-bond acceptors (Lipinski definition) is 8.